The number of hydrogen-bond acceptors (Lipinski definition) is 2. The zero-order valence-electron chi connectivity index (χ0n) is 6.88. The Morgan fingerprint density at radius 2 is 2.10 bits per heavy atom. The van der Waals surface area contributed by atoms with Crippen molar-refractivity contribution in [2.75, 3.05) is 5.75 Å². The van der Waals surface area contributed by atoms with E-state index in [4.69, 9.17) is 0 Å². The zero-order chi connectivity index (χ0) is 7.98. The van der Waals surface area contributed by atoms with E-state index in [0.717, 1.165) is 25.0 Å². The Labute approximate surface area is 69.2 Å². The van der Waals surface area contributed by atoms with Crippen LogP contribution in [0.1, 0.15) is 33.1 Å². The standard InChI is InChI=1S/C8H18OS/c1-3-7(2)6-8(9)4-5-10/h7-10H,3-6H2,1-2H3/t7?,8-/m1/s1. The van der Waals surface area contributed by atoms with Gasteiger partial charge in [-0.3, -0.25) is 0 Å². The molecule has 0 aliphatic rings. The molecule has 1 unspecified atom stereocenters. The summed E-state index contributed by atoms with van der Waals surface area (Å²) in [6.07, 6.45) is 2.78. The van der Waals surface area contributed by atoms with Crippen LogP contribution in [-0.4, -0.2) is 17.0 Å². The fourth-order valence-electron chi connectivity index (χ4n) is 0.898. The van der Waals surface area contributed by atoms with Crippen molar-refractivity contribution in [3.05, 3.63) is 0 Å². The number of rotatable bonds is 5. The fraction of sp³-hybridized carbons (Fsp3) is 1.00. The van der Waals surface area contributed by atoms with Crippen molar-refractivity contribution in [3.8, 4) is 0 Å². The SMILES string of the molecule is CCC(C)C[C@H](O)CCS. The van der Waals surface area contributed by atoms with Crippen molar-refractivity contribution in [1.82, 2.24) is 0 Å². The molecule has 0 bridgehead atoms. The second-order valence-corrected chi connectivity index (χ2v) is 3.36. The van der Waals surface area contributed by atoms with Gasteiger partial charge in [0.05, 0.1) is 6.10 Å². The summed E-state index contributed by atoms with van der Waals surface area (Å²) in [4.78, 5) is 0. The minimum atomic E-state index is -0.132. The molecule has 0 radical (unpaired) electrons. The lowest BCUT2D eigenvalue weighted by atomic mass is 10.00. The van der Waals surface area contributed by atoms with Crippen molar-refractivity contribution in [2.24, 2.45) is 5.92 Å². The first-order valence-corrected chi connectivity index (χ1v) is 4.62. The van der Waals surface area contributed by atoms with Crippen LogP contribution >= 0.6 is 12.6 Å². The third-order valence-electron chi connectivity index (χ3n) is 1.83. The van der Waals surface area contributed by atoms with Crippen LogP contribution in [0.15, 0.2) is 0 Å². The maximum atomic E-state index is 9.30. The topological polar surface area (TPSA) is 20.2 Å². The van der Waals surface area contributed by atoms with Gasteiger partial charge in [-0.05, 0) is 24.5 Å². The van der Waals surface area contributed by atoms with Gasteiger partial charge in [-0.25, -0.2) is 0 Å². The van der Waals surface area contributed by atoms with Gasteiger partial charge in [-0.1, -0.05) is 20.3 Å². The van der Waals surface area contributed by atoms with Gasteiger partial charge in [0.15, 0.2) is 0 Å². The number of aliphatic hydroxyl groups is 1. The quantitative estimate of drug-likeness (QED) is 0.593. The van der Waals surface area contributed by atoms with E-state index in [1.165, 1.54) is 0 Å². The Morgan fingerprint density at radius 3 is 2.50 bits per heavy atom. The van der Waals surface area contributed by atoms with Crippen LogP contribution in [0.2, 0.25) is 0 Å². The van der Waals surface area contributed by atoms with Gasteiger partial charge >= 0.3 is 0 Å². The number of hydrogen-bond donors (Lipinski definition) is 2. The summed E-state index contributed by atoms with van der Waals surface area (Å²) in [5.41, 5.74) is 0. The first-order chi connectivity index (χ1) is 4.70. The van der Waals surface area contributed by atoms with Crippen molar-refractivity contribution in [2.45, 2.75) is 39.2 Å². The second kappa shape index (κ2) is 6.05. The van der Waals surface area contributed by atoms with Crippen molar-refractivity contribution in [1.29, 1.82) is 0 Å². The zero-order valence-corrected chi connectivity index (χ0v) is 7.77. The Hall–Kier alpha value is 0.310. The summed E-state index contributed by atoms with van der Waals surface area (Å²) in [6.45, 7) is 4.32. The van der Waals surface area contributed by atoms with Gasteiger partial charge in [0, 0.05) is 0 Å². The normalized spacial score (nSPS) is 16.8. The molecule has 0 fully saturated rings. The van der Waals surface area contributed by atoms with Gasteiger partial charge in [-0.15, -0.1) is 0 Å². The fourth-order valence-corrected chi connectivity index (χ4v) is 1.20. The van der Waals surface area contributed by atoms with Gasteiger partial charge in [-0.2, -0.15) is 12.6 Å². The molecule has 0 aromatic carbocycles. The summed E-state index contributed by atoms with van der Waals surface area (Å²) >= 11 is 4.05. The summed E-state index contributed by atoms with van der Waals surface area (Å²) in [5, 5.41) is 9.30. The third kappa shape index (κ3) is 5.12. The smallest absolute Gasteiger partial charge is 0.0550 e. The molecule has 1 N–H and O–H groups in total. The average molecular weight is 162 g/mol. The van der Waals surface area contributed by atoms with Gasteiger partial charge < -0.3 is 5.11 Å². The Bertz CT molecular complexity index is 75.7. The highest BCUT2D eigenvalue weighted by atomic mass is 32.1. The van der Waals surface area contributed by atoms with E-state index in [-0.39, 0.29) is 6.10 Å². The molecule has 0 saturated heterocycles. The minimum Gasteiger partial charge on any atom is -0.393 e. The van der Waals surface area contributed by atoms with Crippen LogP contribution in [0.25, 0.3) is 0 Å². The molecule has 10 heavy (non-hydrogen) atoms. The molecule has 0 heterocycles. The largest absolute Gasteiger partial charge is 0.393 e. The average Bonchev–Trinajstić information content (AvgIpc) is 1.88. The van der Waals surface area contributed by atoms with Crippen molar-refractivity contribution in [3.63, 3.8) is 0 Å². The maximum absolute atomic E-state index is 9.30. The molecule has 0 amide bonds. The highest BCUT2D eigenvalue weighted by Gasteiger charge is 2.06. The monoisotopic (exact) mass is 162 g/mol. The van der Waals surface area contributed by atoms with E-state index >= 15 is 0 Å². The van der Waals surface area contributed by atoms with Crippen LogP contribution in [0.5, 0.6) is 0 Å². The van der Waals surface area contributed by atoms with Gasteiger partial charge in [0.25, 0.3) is 0 Å². The van der Waals surface area contributed by atoms with Gasteiger partial charge in [0.1, 0.15) is 0 Å². The lowest BCUT2D eigenvalue weighted by Crippen LogP contribution is -2.11. The minimum absolute atomic E-state index is 0.132. The lowest BCUT2D eigenvalue weighted by Gasteiger charge is -2.13. The van der Waals surface area contributed by atoms with E-state index in [0.29, 0.717) is 5.92 Å². The van der Waals surface area contributed by atoms with Crippen LogP contribution in [0.3, 0.4) is 0 Å². The lowest BCUT2D eigenvalue weighted by molar-refractivity contribution is 0.142. The molecule has 0 aromatic heterocycles. The Morgan fingerprint density at radius 1 is 1.50 bits per heavy atom. The predicted octanol–water partition coefficient (Wildman–Crippen LogP) is 2.10. The van der Waals surface area contributed by atoms with E-state index in [9.17, 15) is 5.11 Å². The number of aliphatic hydroxyl groups excluding tert-OH is 1. The van der Waals surface area contributed by atoms with E-state index in [1.54, 1.807) is 0 Å². The van der Waals surface area contributed by atoms with Crippen LogP contribution in [0, 0.1) is 5.92 Å². The second-order valence-electron chi connectivity index (χ2n) is 2.92. The van der Waals surface area contributed by atoms with Crippen LogP contribution in [-0.2, 0) is 0 Å². The molecule has 0 spiro atoms. The van der Waals surface area contributed by atoms with Crippen molar-refractivity contribution < 1.29 is 5.11 Å². The summed E-state index contributed by atoms with van der Waals surface area (Å²) < 4.78 is 0. The molecular formula is C8H18OS. The highest BCUT2D eigenvalue weighted by Crippen LogP contribution is 2.11. The molecule has 62 valence electrons. The van der Waals surface area contributed by atoms with Crippen molar-refractivity contribution >= 4 is 12.6 Å². The summed E-state index contributed by atoms with van der Waals surface area (Å²) in [5.74, 6) is 1.44. The number of thiol groups is 1. The van der Waals surface area contributed by atoms with Gasteiger partial charge in [0.2, 0.25) is 0 Å². The van der Waals surface area contributed by atoms with Crippen LogP contribution < -0.4 is 0 Å². The molecule has 0 aliphatic heterocycles. The molecule has 0 aromatic rings. The molecule has 1 nitrogen and oxygen atoms in total. The van der Waals surface area contributed by atoms with E-state index in [1.807, 2.05) is 0 Å². The van der Waals surface area contributed by atoms with E-state index < -0.39 is 0 Å². The predicted molar refractivity (Wildman–Crippen MR) is 48.5 cm³/mol. The molecule has 2 heteroatoms. The molecule has 2 atom stereocenters. The third-order valence-corrected chi connectivity index (χ3v) is 2.09. The highest BCUT2D eigenvalue weighted by molar-refractivity contribution is 7.80. The maximum Gasteiger partial charge on any atom is 0.0550 e. The van der Waals surface area contributed by atoms with E-state index in [2.05, 4.69) is 26.5 Å². The molecule has 0 rings (SSSR count). The molecule has 0 aliphatic carbocycles. The summed E-state index contributed by atoms with van der Waals surface area (Å²) in [7, 11) is 0. The first-order valence-electron chi connectivity index (χ1n) is 3.99. The molecule has 0 saturated carbocycles. The first kappa shape index (κ1) is 10.3. The molecular weight excluding hydrogens is 144 g/mol. The summed E-state index contributed by atoms with van der Waals surface area (Å²) in [6, 6.07) is 0. The Balaban J connectivity index is 3.27. The Kier molecular flexibility index (Phi) is 6.24. The van der Waals surface area contributed by atoms with Crippen LogP contribution in [0.4, 0.5) is 0 Å².